The maximum atomic E-state index is 6.07. The summed E-state index contributed by atoms with van der Waals surface area (Å²) in [7, 11) is 0. The Kier molecular flexibility index (Phi) is 12.3. The Morgan fingerprint density at radius 1 is 0.452 bits per heavy atom. The second kappa shape index (κ2) is 14.9. The van der Waals surface area contributed by atoms with Crippen LogP contribution in [0.4, 0.5) is 0 Å². The van der Waals surface area contributed by atoms with Crippen LogP contribution in [-0.4, -0.2) is 12.5 Å². The third-order valence-corrected chi connectivity index (χ3v) is 80.4. The van der Waals surface area contributed by atoms with Gasteiger partial charge in [0.05, 0.1) is 8.88 Å². The summed E-state index contributed by atoms with van der Waals surface area (Å²) in [5.74, 6) is 3.27. The molecule has 4 aromatic rings. The standard InChI is InChI=1S/C24H18O2P2S4.C2H6P2S6/c29-27(23-15-11-21(12-16-23)25-19-7-3-1-4-8-19)31-28(30,32-27)24-17-13-22(14-18-24)26-20-9-5-2-6-10-20;1-7-3(5)9-4(6,8-2)10-3/h1-18H;1-2H3. The third-order valence-electron chi connectivity index (χ3n) is 5.54. The van der Waals surface area contributed by atoms with Gasteiger partial charge < -0.3 is 9.47 Å². The summed E-state index contributed by atoms with van der Waals surface area (Å²) in [4.78, 5) is 0. The third kappa shape index (κ3) is 8.75. The average molecular weight is 813 g/mol. The van der Waals surface area contributed by atoms with Gasteiger partial charge in [-0.2, -0.15) is 0 Å². The Morgan fingerprint density at radius 2 is 0.762 bits per heavy atom. The molecule has 0 spiro atoms. The second-order valence-electron chi connectivity index (χ2n) is 8.40. The van der Waals surface area contributed by atoms with Crippen molar-refractivity contribution in [2.24, 2.45) is 0 Å². The highest BCUT2D eigenvalue weighted by atomic mass is 33.9. The van der Waals surface area contributed by atoms with E-state index in [2.05, 4.69) is 36.8 Å². The largest absolute Gasteiger partial charge is 0.457 e. The first kappa shape index (κ1) is 34.5. The van der Waals surface area contributed by atoms with Gasteiger partial charge in [0, 0.05) is 10.6 Å². The molecule has 16 heteroatoms. The van der Waals surface area contributed by atoms with Crippen LogP contribution in [0.2, 0.25) is 0 Å². The zero-order chi connectivity index (χ0) is 29.8. The summed E-state index contributed by atoms with van der Waals surface area (Å²) in [6, 6.07) is 35.9. The minimum atomic E-state index is -1.78. The quantitative estimate of drug-likeness (QED) is 0.158. The number of ether oxygens (including phenoxy) is 2. The summed E-state index contributed by atoms with van der Waals surface area (Å²) in [6.45, 7) is 0. The minimum absolute atomic E-state index is 0.811. The lowest BCUT2D eigenvalue weighted by atomic mass is 10.3. The van der Waals surface area contributed by atoms with E-state index < -0.39 is 16.2 Å². The fourth-order valence-electron chi connectivity index (χ4n) is 3.50. The molecule has 4 aromatic carbocycles. The zero-order valence-corrected chi connectivity index (χ0v) is 33.8. The van der Waals surface area contributed by atoms with Gasteiger partial charge in [0.25, 0.3) is 0 Å². The normalized spacial score (nSPS) is 27.9. The zero-order valence-electron chi connectivity index (χ0n) is 22.1. The Labute approximate surface area is 291 Å². The Balaban J connectivity index is 0.000000300. The van der Waals surface area contributed by atoms with Crippen molar-refractivity contribution in [2.75, 3.05) is 12.5 Å². The van der Waals surface area contributed by atoms with Gasteiger partial charge in [-0.15, -0.1) is 22.8 Å². The molecule has 2 saturated heterocycles. The first-order valence-corrected chi connectivity index (χ1v) is 35.1. The number of para-hydroxylation sites is 2. The minimum Gasteiger partial charge on any atom is -0.457 e. The lowest BCUT2D eigenvalue weighted by molar-refractivity contribution is 0.482. The van der Waals surface area contributed by atoms with Crippen LogP contribution < -0.4 is 20.1 Å². The molecule has 2 heterocycles. The fraction of sp³-hybridized carbons (Fsp3) is 0.0769. The van der Waals surface area contributed by atoms with Gasteiger partial charge >= 0.3 is 0 Å². The van der Waals surface area contributed by atoms with E-state index in [1.165, 1.54) is 10.6 Å². The highest BCUT2D eigenvalue weighted by molar-refractivity contribution is 9.63. The monoisotopic (exact) mass is 812 g/mol. The van der Waals surface area contributed by atoms with Crippen LogP contribution in [0, 0.1) is 0 Å². The van der Waals surface area contributed by atoms with Crippen molar-refractivity contribution in [3.63, 3.8) is 0 Å². The van der Waals surface area contributed by atoms with Crippen molar-refractivity contribution in [1.29, 1.82) is 0 Å². The fourth-order valence-corrected chi connectivity index (χ4v) is 112. The van der Waals surface area contributed by atoms with Gasteiger partial charge in [0.15, 0.2) is 0 Å². The van der Waals surface area contributed by atoms with Crippen molar-refractivity contribution >= 4 is 141 Å². The van der Waals surface area contributed by atoms with Crippen LogP contribution in [0.15, 0.2) is 109 Å². The summed E-state index contributed by atoms with van der Waals surface area (Å²) < 4.78 is 6.04. The lowest BCUT2D eigenvalue weighted by Gasteiger charge is -2.40. The smallest absolute Gasteiger partial charge is 0.127 e. The first-order valence-electron chi connectivity index (χ1n) is 12.1. The number of rotatable bonds is 8. The van der Waals surface area contributed by atoms with Crippen molar-refractivity contribution < 1.29 is 9.47 Å². The van der Waals surface area contributed by atoms with E-state index in [0.717, 1.165) is 23.0 Å². The molecule has 220 valence electrons. The average Bonchev–Trinajstić information content (AvgIpc) is 2.98. The predicted octanol–water partition coefficient (Wildman–Crippen LogP) is 13.0. The van der Waals surface area contributed by atoms with Crippen LogP contribution in [0.1, 0.15) is 0 Å². The number of benzene rings is 4. The van der Waals surface area contributed by atoms with Crippen LogP contribution in [0.25, 0.3) is 0 Å². The second-order valence-corrected chi connectivity index (χ2v) is 60.1. The molecule has 0 atom stereocenters. The summed E-state index contributed by atoms with van der Waals surface area (Å²) in [6.07, 6.45) is 4.19. The predicted molar refractivity (Wildman–Crippen MR) is 220 cm³/mol. The van der Waals surface area contributed by atoms with E-state index in [1.54, 1.807) is 0 Å². The maximum absolute atomic E-state index is 6.07. The number of hydrogen-bond donors (Lipinski definition) is 0. The maximum Gasteiger partial charge on any atom is 0.127 e. The first-order chi connectivity index (χ1) is 20.1. The van der Waals surface area contributed by atoms with Crippen LogP contribution in [-0.2, 0) is 47.2 Å². The van der Waals surface area contributed by atoms with Gasteiger partial charge in [-0.1, -0.05) is 106 Å². The summed E-state index contributed by atoms with van der Waals surface area (Å²) in [5, 5.41) is 2.37. The molecule has 0 amide bonds. The van der Waals surface area contributed by atoms with Crippen molar-refractivity contribution in [3.8, 4) is 23.0 Å². The van der Waals surface area contributed by atoms with Gasteiger partial charge in [0.2, 0.25) is 0 Å². The molecule has 0 radical (unpaired) electrons. The Morgan fingerprint density at radius 3 is 1.07 bits per heavy atom. The SMILES string of the molecule is CSP1(=S)SP(=S)(SC)S1.S=P1(c2ccc(Oc3ccccc3)cc2)SP(=S)(c2ccc(Oc3ccccc3)cc2)S1. The van der Waals surface area contributed by atoms with Gasteiger partial charge in [-0.05, 0) is 107 Å². The molecule has 0 aromatic heterocycles. The van der Waals surface area contributed by atoms with Crippen molar-refractivity contribution in [2.45, 2.75) is 0 Å². The topological polar surface area (TPSA) is 18.5 Å². The van der Waals surface area contributed by atoms with Crippen LogP contribution in [0.3, 0.4) is 0 Å². The van der Waals surface area contributed by atoms with Gasteiger partial charge in [0.1, 0.15) is 30.3 Å². The molecule has 0 N–H and O–H groups in total. The molecule has 0 aliphatic carbocycles. The van der Waals surface area contributed by atoms with Crippen LogP contribution in [0.5, 0.6) is 23.0 Å². The van der Waals surface area contributed by atoms with Gasteiger partial charge in [-0.25, -0.2) is 0 Å². The molecule has 2 fully saturated rings. The van der Waals surface area contributed by atoms with E-state index >= 15 is 0 Å². The van der Waals surface area contributed by atoms with Gasteiger partial charge in [-0.3, -0.25) is 0 Å². The molecule has 6 rings (SSSR count). The van der Waals surface area contributed by atoms with E-state index in [1.807, 2.05) is 152 Å². The molecule has 0 bridgehead atoms. The van der Waals surface area contributed by atoms with E-state index in [-0.39, 0.29) is 0 Å². The highest BCUT2D eigenvalue weighted by Crippen LogP contribution is 3.11. The van der Waals surface area contributed by atoms with E-state index in [4.69, 9.17) is 56.7 Å². The molecule has 2 aliphatic heterocycles. The Hall–Kier alpha value is 1.18. The molecule has 0 saturated carbocycles. The molecular formula is C26H24O2P4S10. The van der Waals surface area contributed by atoms with Crippen LogP contribution >= 0.6 is 82.9 Å². The number of hydrogen-bond acceptors (Lipinski definition) is 12. The van der Waals surface area contributed by atoms with E-state index in [9.17, 15) is 0 Å². The van der Waals surface area contributed by atoms with Crippen molar-refractivity contribution in [3.05, 3.63) is 109 Å². The molecule has 2 aliphatic rings. The summed E-state index contributed by atoms with van der Waals surface area (Å²) in [5.41, 5.74) is 0. The van der Waals surface area contributed by atoms with E-state index in [0.29, 0.717) is 0 Å². The Bertz CT molecular complexity index is 1570. The lowest BCUT2D eigenvalue weighted by Crippen LogP contribution is -2.09. The summed E-state index contributed by atoms with van der Waals surface area (Å²) >= 11 is 34.1. The molecule has 42 heavy (non-hydrogen) atoms. The highest BCUT2D eigenvalue weighted by Gasteiger charge is 2.46. The molecular weight excluding hydrogens is 789 g/mol. The molecule has 2 nitrogen and oxygen atoms in total. The molecule has 0 unspecified atom stereocenters. The van der Waals surface area contributed by atoms with Crippen molar-refractivity contribution in [1.82, 2.24) is 0 Å².